The van der Waals surface area contributed by atoms with Gasteiger partial charge in [-0.2, -0.15) is 0 Å². The molecule has 1 aromatic heterocycles. The van der Waals surface area contributed by atoms with Gasteiger partial charge in [-0.3, -0.25) is 4.79 Å². The second kappa shape index (κ2) is 5.69. The van der Waals surface area contributed by atoms with Crippen molar-refractivity contribution < 1.29 is 14.7 Å². The number of carbonyl (C=O) groups excluding carboxylic acids is 1. The molecule has 102 valence electrons. The molecule has 0 saturated carbocycles. The zero-order chi connectivity index (χ0) is 13.8. The second-order valence-electron chi connectivity index (χ2n) is 4.53. The smallest absolute Gasteiger partial charge is 0.354 e. The van der Waals surface area contributed by atoms with E-state index in [-0.39, 0.29) is 17.6 Å². The molecule has 2 heterocycles. The lowest BCUT2D eigenvalue weighted by Crippen LogP contribution is -2.48. The Morgan fingerprint density at radius 2 is 2.21 bits per heavy atom. The van der Waals surface area contributed by atoms with Crippen molar-refractivity contribution in [2.24, 2.45) is 0 Å². The van der Waals surface area contributed by atoms with E-state index < -0.39 is 5.97 Å². The Morgan fingerprint density at radius 3 is 2.79 bits per heavy atom. The largest absolute Gasteiger partial charge is 0.477 e. The van der Waals surface area contributed by atoms with E-state index in [1.807, 2.05) is 4.90 Å². The van der Waals surface area contributed by atoms with E-state index in [2.05, 4.69) is 10.3 Å². The molecule has 0 aliphatic carbocycles. The van der Waals surface area contributed by atoms with Crippen LogP contribution in [0.2, 0.25) is 0 Å². The maximum Gasteiger partial charge on any atom is 0.354 e. The fourth-order valence-corrected chi connectivity index (χ4v) is 2.36. The molecule has 1 saturated heterocycles. The molecule has 0 spiro atoms. The van der Waals surface area contributed by atoms with E-state index in [1.165, 1.54) is 12.3 Å². The third kappa shape index (κ3) is 2.83. The number of aromatic nitrogens is 1. The quantitative estimate of drug-likeness (QED) is 0.846. The van der Waals surface area contributed by atoms with Crippen molar-refractivity contribution in [3.8, 4) is 0 Å². The van der Waals surface area contributed by atoms with Crippen molar-refractivity contribution in [1.29, 1.82) is 0 Å². The van der Waals surface area contributed by atoms with Gasteiger partial charge in [-0.1, -0.05) is 0 Å². The first-order valence-electron chi connectivity index (χ1n) is 6.31. The van der Waals surface area contributed by atoms with Gasteiger partial charge in [0.15, 0.2) is 0 Å². The molecule has 1 unspecified atom stereocenters. The van der Waals surface area contributed by atoms with Gasteiger partial charge in [-0.25, -0.2) is 9.78 Å². The molecule has 6 nitrogen and oxygen atoms in total. The van der Waals surface area contributed by atoms with Gasteiger partial charge >= 0.3 is 5.97 Å². The highest BCUT2D eigenvalue weighted by molar-refractivity contribution is 5.87. The standard InChI is InChI=1S/C13H17N3O3/c1-14-12(17)11-4-2-3-7-16(11)9-5-6-10(13(18)19)15-8-9/h5-6,8,11H,2-4,7H2,1H3,(H,14,17)(H,18,19). The van der Waals surface area contributed by atoms with Crippen LogP contribution in [0, 0.1) is 0 Å². The zero-order valence-corrected chi connectivity index (χ0v) is 10.8. The maximum atomic E-state index is 11.9. The first-order chi connectivity index (χ1) is 9.13. The number of likely N-dealkylation sites (N-methyl/N-ethyl adjacent to an activating group) is 1. The third-order valence-electron chi connectivity index (χ3n) is 3.35. The first-order valence-corrected chi connectivity index (χ1v) is 6.31. The van der Waals surface area contributed by atoms with Gasteiger partial charge in [-0.15, -0.1) is 0 Å². The van der Waals surface area contributed by atoms with Crippen LogP contribution in [0.4, 0.5) is 5.69 Å². The van der Waals surface area contributed by atoms with E-state index in [9.17, 15) is 9.59 Å². The lowest BCUT2D eigenvalue weighted by molar-refractivity contribution is -0.122. The Hall–Kier alpha value is -2.11. The fourth-order valence-electron chi connectivity index (χ4n) is 2.36. The first kappa shape index (κ1) is 13.3. The van der Waals surface area contributed by atoms with Crippen LogP contribution in [0.5, 0.6) is 0 Å². The highest BCUT2D eigenvalue weighted by atomic mass is 16.4. The van der Waals surface area contributed by atoms with Gasteiger partial charge in [-0.05, 0) is 31.4 Å². The Balaban J connectivity index is 2.22. The number of hydrogen-bond acceptors (Lipinski definition) is 4. The highest BCUT2D eigenvalue weighted by Crippen LogP contribution is 2.24. The van der Waals surface area contributed by atoms with Gasteiger partial charge < -0.3 is 15.3 Å². The van der Waals surface area contributed by atoms with Gasteiger partial charge in [0.05, 0.1) is 11.9 Å². The van der Waals surface area contributed by atoms with E-state index in [0.29, 0.717) is 0 Å². The fraction of sp³-hybridized carbons (Fsp3) is 0.462. The number of nitrogens with one attached hydrogen (secondary N) is 1. The highest BCUT2D eigenvalue weighted by Gasteiger charge is 2.28. The molecular weight excluding hydrogens is 246 g/mol. The maximum absolute atomic E-state index is 11.9. The van der Waals surface area contributed by atoms with Crippen molar-refractivity contribution in [1.82, 2.24) is 10.3 Å². The summed E-state index contributed by atoms with van der Waals surface area (Å²) in [6.45, 7) is 0.784. The van der Waals surface area contributed by atoms with Gasteiger partial charge in [0, 0.05) is 13.6 Å². The Labute approximate surface area is 111 Å². The molecule has 6 heteroatoms. The summed E-state index contributed by atoms with van der Waals surface area (Å²) >= 11 is 0. The number of nitrogens with zero attached hydrogens (tertiary/aromatic N) is 2. The number of anilines is 1. The summed E-state index contributed by atoms with van der Waals surface area (Å²) in [7, 11) is 1.63. The van der Waals surface area contributed by atoms with Crippen LogP contribution < -0.4 is 10.2 Å². The van der Waals surface area contributed by atoms with E-state index in [4.69, 9.17) is 5.11 Å². The molecule has 2 N–H and O–H groups in total. The summed E-state index contributed by atoms with van der Waals surface area (Å²) < 4.78 is 0. The topological polar surface area (TPSA) is 82.5 Å². The lowest BCUT2D eigenvalue weighted by Gasteiger charge is -2.36. The van der Waals surface area contributed by atoms with Gasteiger partial charge in [0.2, 0.25) is 5.91 Å². The number of amides is 1. The zero-order valence-electron chi connectivity index (χ0n) is 10.8. The summed E-state index contributed by atoms with van der Waals surface area (Å²) in [5.41, 5.74) is 0.801. The minimum Gasteiger partial charge on any atom is -0.477 e. The summed E-state index contributed by atoms with van der Waals surface area (Å²) in [6.07, 6.45) is 4.37. The number of aromatic carboxylic acids is 1. The van der Waals surface area contributed by atoms with Crippen LogP contribution in [0.3, 0.4) is 0 Å². The van der Waals surface area contributed by atoms with Crippen molar-refractivity contribution >= 4 is 17.6 Å². The molecular formula is C13H17N3O3. The molecule has 1 atom stereocenters. The monoisotopic (exact) mass is 263 g/mol. The molecule has 2 rings (SSSR count). The van der Waals surface area contributed by atoms with Crippen LogP contribution in [-0.2, 0) is 4.79 Å². The van der Waals surface area contributed by atoms with Crippen molar-refractivity contribution in [2.45, 2.75) is 25.3 Å². The number of piperidine rings is 1. The van der Waals surface area contributed by atoms with Crippen molar-refractivity contribution in [3.63, 3.8) is 0 Å². The average molecular weight is 263 g/mol. The molecule has 0 bridgehead atoms. The summed E-state index contributed by atoms with van der Waals surface area (Å²) in [4.78, 5) is 28.5. The number of pyridine rings is 1. The van der Waals surface area contributed by atoms with Crippen LogP contribution in [0.15, 0.2) is 18.3 Å². The Kier molecular flexibility index (Phi) is 3.99. The Morgan fingerprint density at radius 1 is 1.42 bits per heavy atom. The minimum absolute atomic E-state index is 0.0113. The molecule has 1 aliphatic heterocycles. The number of carbonyl (C=O) groups is 2. The number of hydrogen-bond donors (Lipinski definition) is 2. The van der Waals surface area contributed by atoms with E-state index >= 15 is 0 Å². The van der Waals surface area contributed by atoms with Crippen molar-refractivity contribution in [3.05, 3.63) is 24.0 Å². The predicted octanol–water partition coefficient (Wildman–Crippen LogP) is 0.885. The van der Waals surface area contributed by atoms with Crippen LogP contribution in [0.1, 0.15) is 29.8 Å². The molecule has 1 fully saturated rings. The van der Waals surface area contributed by atoms with Gasteiger partial charge in [0.25, 0.3) is 0 Å². The van der Waals surface area contributed by atoms with Crippen LogP contribution in [-0.4, -0.2) is 41.6 Å². The Bertz CT molecular complexity index is 473. The average Bonchev–Trinajstić information content (AvgIpc) is 2.46. The number of carboxylic acids is 1. The second-order valence-corrected chi connectivity index (χ2v) is 4.53. The molecule has 1 amide bonds. The SMILES string of the molecule is CNC(=O)C1CCCCN1c1ccc(C(=O)O)nc1. The van der Waals surface area contributed by atoms with Crippen LogP contribution in [0.25, 0.3) is 0 Å². The number of carboxylic acid groups (broad SMARTS) is 1. The predicted molar refractivity (Wildman–Crippen MR) is 70.2 cm³/mol. The van der Waals surface area contributed by atoms with Crippen molar-refractivity contribution in [2.75, 3.05) is 18.5 Å². The molecule has 1 aliphatic rings. The third-order valence-corrected chi connectivity index (χ3v) is 3.35. The number of rotatable bonds is 3. The summed E-state index contributed by atoms with van der Waals surface area (Å²) in [5.74, 6) is -1.06. The van der Waals surface area contributed by atoms with E-state index in [1.54, 1.807) is 13.1 Å². The molecule has 0 aromatic carbocycles. The summed E-state index contributed by atoms with van der Waals surface area (Å²) in [5, 5.41) is 11.5. The summed E-state index contributed by atoms with van der Waals surface area (Å²) in [6, 6.07) is 2.97. The normalized spacial score (nSPS) is 19.0. The minimum atomic E-state index is -1.05. The van der Waals surface area contributed by atoms with Crippen LogP contribution >= 0.6 is 0 Å². The molecule has 0 radical (unpaired) electrons. The molecule has 1 aromatic rings. The molecule has 19 heavy (non-hydrogen) atoms. The van der Waals surface area contributed by atoms with E-state index in [0.717, 1.165) is 31.5 Å². The van der Waals surface area contributed by atoms with Gasteiger partial charge in [0.1, 0.15) is 11.7 Å². The lowest BCUT2D eigenvalue weighted by atomic mass is 10.0.